The van der Waals surface area contributed by atoms with Crippen molar-refractivity contribution >= 4 is 11.8 Å². The van der Waals surface area contributed by atoms with Gasteiger partial charge in [0.25, 0.3) is 11.8 Å². The second-order valence-electron chi connectivity index (χ2n) is 6.01. The molecular weight excluding hydrogens is 304 g/mol. The number of benzene rings is 1. The molecule has 5 heteroatoms. The van der Waals surface area contributed by atoms with Gasteiger partial charge in [0.05, 0.1) is 7.11 Å². The summed E-state index contributed by atoms with van der Waals surface area (Å²) in [7, 11) is 2.98. The maximum absolute atomic E-state index is 12.7. The van der Waals surface area contributed by atoms with Gasteiger partial charge in [-0.2, -0.15) is 0 Å². The molecular formula is C19H26N2O3. The highest BCUT2D eigenvalue weighted by Gasteiger charge is 2.24. The first-order chi connectivity index (χ1) is 11.6. The minimum Gasteiger partial charge on any atom is -0.340 e. The van der Waals surface area contributed by atoms with Crippen LogP contribution in [0.3, 0.4) is 0 Å². The van der Waals surface area contributed by atoms with Gasteiger partial charge in [0.15, 0.2) is 0 Å². The highest BCUT2D eigenvalue weighted by Crippen LogP contribution is 2.15. The van der Waals surface area contributed by atoms with Crippen molar-refractivity contribution in [2.45, 2.75) is 44.6 Å². The summed E-state index contributed by atoms with van der Waals surface area (Å²) in [4.78, 5) is 30.1. The molecule has 0 saturated carbocycles. The SMILES string of the molecule is CON(C)C(=O)[C@@H]1CC=CCCCCCc2ccccc2C(=O)N1. The maximum Gasteiger partial charge on any atom is 0.268 e. The van der Waals surface area contributed by atoms with Gasteiger partial charge >= 0.3 is 0 Å². The average molecular weight is 330 g/mol. The van der Waals surface area contributed by atoms with Crippen LogP contribution >= 0.6 is 0 Å². The topological polar surface area (TPSA) is 58.6 Å². The third-order valence-corrected chi connectivity index (χ3v) is 4.30. The van der Waals surface area contributed by atoms with Crippen LogP contribution < -0.4 is 5.32 Å². The van der Waals surface area contributed by atoms with Gasteiger partial charge in [-0.3, -0.25) is 14.4 Å². The number of carbonyl (C=O) groups is 2. The number of hydrogen-bond acceptors (Lipinski definition) is 3. The average Bonchev–Trinajstić information content (AvgIpc) is 2.62. The molecule has 2 amide bonds. The van der Waals surface area contributed by atoms with Crippen molar-refractivity contribution in [1.29, 1.82) is 0 Å². The van der Waals surface area contributed by atoms with Crippen LogP contribution in [0.2, 0.25) is 0 Å². The summed E-state index contributed by atoms with van der Waals surface area (Å²) in [5.41, 5.74) is 1.69. The van der Waals surface area contributed by atoms with E-state index >= 15 is 0 Å². The second-order valence-corrected chi connectivity index (χ2v) is 6.01. The van der Waals surface area contributed by atoms with Crippen LogP contribution in [0.25, 0.3) is 0 Å². The first-order valence-corrected chi connectivity index (χ1v) is 8.49. The number of nitrogens with zero attached hydrogens (tertiary/aromatic N) is 1. The van der Waals surface area contributed by atoms with Gasteiger partial charge in [-0.15, -0.1) is 0 Å². The van der Waals surface area contributed by atoms with Crippen LogP contribution in [-0.2, 0) is 16.1 Å². The minimum absolute atomic E-state index is 0.207. The lowest BCUT2D eigenvalue weighted by Crippen LogP contribution is -2.47. The number of hydrogen-bond donors (Lipinski definition) is 1. The van der Waals surface area contributed by atoms with Gasteiger partial charge in [0, 0.05) is 12.6 Å². The Morgan fingerprint density at radius 3 is 2.79 bits per heavy atom. The van der Waals surface area contributed by atoms with Gasteiger partial charge in [-0.1, -0.05) is 36.8 Å². The van der Waals surface area contributed by atoms with E-state index in [0.717, 1.165) is 42.7 Å². The number of amides is 2. The van der Waals surface area contributed by atoms with E-state index in [2.05, 4.69) is 11.4 Å². The molecule has 130 valence electrons. The van der Waals surface area contributed by atoms with Crippen molar-refractivity contribution in [1.82, 2.24) is 10.4 Å². The van der Waals surface area contributed by atoms with Crippen molar-refractivity contribution < 1.29 is 14.4 Å². The van der Waals surface area contributed by atoms with E-state index in [0.29, 0.717) is 12.0 Å². The van der Waals surface area contributed by atoms with E-state index in [1.54, 1.807) is 7.05 Å². The van der Waals surface area contributed by atoms with Crippen LogP contribution in [0.5, 0.6) is 0 Å². The number of likely N-dealkylation sites (N-methyl/N-ethyl adjacent to an activating group) is 1. The third kappa shape index (κ3) is 4.93. The minimum atomic E-state index is -0.632. The number of allylic oxidation sites excluding steroid dienone is 1. The predicted octanol–water partition coefficient (Wildman–Crippen LogP) is 2.87. The molecule has 0 unspecified atom stereocenters. The summed E-state index contributed by atoms with van der Waals surface area (Å²) >= 11 is 0. The number of fused-ring (bicyclic) bond motifs is 1. The summed E-state index contributed by atoms with van der Waals surface area (Å²) in [5, 5.41) is 4.02. The van der Waals surface area contributed by atoms with Gasteiger partial charge in [0.1, 0.15) is 6.04 Å². The number of rotatable bonds is 2. The maximum atomic E-state index is 12.7. The van der Waals surface area contributed by atoms with Crippen LogP contribution in [0.4, 0.5) is 0 Å². The first kappa shape index (κ1) is 18.2. The highest BCUT2D eigenvalue weighted by atomic mass is 16.7. The van der Waals surface area contributed by atoms with Gasteiger partial charge < -0.3 is 5.32 Å². The van der Waals surface area contributed by atoms with E-state index in [9.17, 15) is 9.59 Å². The quantitative estimate of drug-likeness (QED) is 0.670. The number of nitrogens with one attached hydrogen (secondary N) is 1. The molecule has 1 aromatic carbocycles. The van der Waals surface area contributed by atoms with E-state index < -0.39 is 6.04 Å². The normalized spacial score (nSPS) is 19.2. The number of carbonyl (C=O) groups excluding carboxylic acids is 2. The number of aryl methyl sites for hydroxylation is 1. The Balaban J connectivity index is 2.25. The summed E-state index contributed by atoms with van der Waals surface area (Å²) < 4.78 is 0. The zero-order chi connectivity index (χ0) is 17.4. The molecule has 0 saturated heterocycles. The molecule has 5 nitrogen and oxygen atoms in total. The molecule has 1 aromatic rings. The van der Waals surface area contributed by atoms with Crippen molar-refractivity contribution in [3.63, 3.8) is 0 Å². The lowest BCUT2D eigenvalue weighted by Gasteiger charge is -2.22. The van der Waals surface area contributed by atoms with E-state index in [4.69, 9.17) is 4.84 Å². The van der Waals surface area contributed by atoms with Crippen molar-refractivity contribution in [3.8, 4) is 0 Å². The van der Waals surface area contributed by atoms with Crippen molar-refractivity contribution in [3.05, 3.63) is 47.5 Å². The fourth-order valence-corrected chi connectivity index (χ4v) is 2.83. The number of hydroxylamine groups is 2. The molecule has 1 heterocycles. The van der Waals surface area contributed by atoms with E-state index in [-0.39, 0.29) is 11.8 Å². The Kier molecular flexibility index (Phi) is 7.00. The Bertz CT molecular complexity index is 598. The smallest absolute Gasteiger partial charge is 0.268 e. The first-order valence-electron chi connectivity index (χ1n) is 8.49. The Morgan fingerprint density at radius 2 is 2.00 bits per heavy atom. The van der Waals surface area contributed by atoms with Crippen LogP contribution in [0.15, 0.2) is 36.4 Å². The van der Waals surface area contributed by atoms with Gasteiger partial charge in [-0.05, 0) is 43.7 Å². The molecule has 0 spiro atoms. The predicted molar refractivity (Wildman–Crippen MR) is 93.4 cm³/mol. The fraction of sp³-hybridized carbons (Fsp3) is 0.474. The molecule has 0 radical (unpaired) electrons. The zero-order valence-corrected chi connectivity index (χ0v) is 14.5. The molecule has 2 rings (SSSR count). The van der Waals surface area contributed by atoms with Crippen molar-refractivity contribution in [2.75, 3.05) is 14.2 Å². The molecule has 1 atom stereocenters. The van der Waals surface area contributed by atoms with Crippen LogP contribution in [0.1, 0.15) is 48.0 Å². The highest BCUT2D eigenvalue weighted by molar-refractivity contribution is 5.98. The summed E-state index contributed by atoms with van der Waals surface area (Å²) in [5.74, 6) is -0.469. The molecule has 24 heavy (non-hydrogen) atoms. The molecule has 1 N–H and O–H groups in total. The molecule has 0 fully saturated rings. The van der Waals surface area contributed by atoms with Crippen molar-refractivity contribution in [2.24, 2.45) is 0 Å². The molecule has 1 aliphatic rings. The Labute approximate surface area is 143 Å². The lowest BCUT2D eigenvalue weighted by atomic mass is 10.00. The molecule has 0 aliphatic carbocycles. The summed E-state index contributed by atoms with van der Waals surface area (Å²) in [6.07, 6.45) is 9.71. The Morgan fingerprint density at radius 1 is 1.21 bits per heavy atom. The standard InChI is InChI=1S/C19H26N2O3/c1-21(24-2)19(23)17-14-8-6-4-3-5-7-11-15-12-9-10-13-16(15)18(22)20-17/h6,8-10,12-13,17H,3-5,7,11,14H2,1-2H3,(H,20,22)/t17-/m0/s1. The molecule has 1 aliphatic heterocycles. The Hall–Kier alpha value is -2.14. The summed E-state index contributed by atoms with van der Waals surface area (Å²) in [6, 6.07) is 6.99. The van der Waals surface area contributed by atoms with E-state index in [1.807, 2.05) is 30.3 Å². The summed E-state index contributed by atoms with van der Waals surface area (Å²) in [6.45, 7) is 0. The lowest BCUT2D eigenvalue weighted by molar-refractivity contribution is -0.170. The van der Waals surface area contributed by atoms with Crippen LogP contribution in [0, 0.1) is 0 Å². The molecule has 0 aromatic heterocycles. The second kappa shape index (κ2) is 9.23. The van der Waals surface area contributed by atoms with E-state index in [1.165, 1.54) is 7.11 Å². The van der Waals surface area contributed by atoms with Gasteiger partial charge in [-0.25, -0.2) is 5.06 Å². The zero-order valence-electron chi connectivity index (χ0n) is 14.5. The largest absolute Gasteiger partial charge is 0.340 e. The van der Waals surface area contributed by atoms with Crippen LogP contribution in [-0.4, -0.2) is 37.1 Å². The monoisotopic (exact) mass is 330 g/mol. The fourth-order valence-electron chi connectivity index (χ4n) is 2.83. The molecule has 0 bridgehead atoms. The van der Waals surface area contributed by atoms with Gasteiger partial charge in [0.2, 0.25) is 0 Å². The third-order valence-electron chi connectivity index (χ3n) is 4.30.